The Morgan fingerprint density at radius 2 is 2.09 bits per heavy atom. The van der Waals surface area contributed by atoms with Gasteiger partial charge in [-0.15, -0.1) is 0 Å². The number of nitrogens with two attached hydrogens (primary N) is 1. The van der Waals surface area contributed by atoms with Crippen molar-refractivity contribution in [3.63, 3.8) is 0 Å². The molecule has 0 radical (unpaired) electrons. The van der Waals surface area contributed by atoms with Gasteiger partial charge in [-0.2, -0.15) is 5.84 Å². The molecule has 0 saturated carbocycles. The van der Waals surface area contributed by atoms with E-state index in [1.807, 2.05) is 0 Å². The number of hydrogen-bond donors (Lipinski definition) is 1. The molecule has 11 heavy (non-hydrogen) atoms. The summed E-state index contributed by atoms with van der Waals surface area (Å²) in [5.41, 5.74) is 0. The van der Waals surface area contributed by atoms with Gasteiger partial charge in [-0.05, 0) is 6.42 Å². The highest BCUT2D eigenvalue weighted by atomic mass is 15.6. The van der Waals surface area contributed by atoms with E-state index in [9.17, 15) is 0 Å². The van der Waals surface area contributed by atoms with Crippen molar-refractivity contribution < 1.29 is 4.59 Å². The van der Waals surface area contributed by atoms with Crippen molar-refractivity contribution >= 4 is 0 Å². The predicted molar refractivity (Wildman–Crippen MR) is 44.7 cm³/mol. The van der Waals surface area contributed by atoms with Gasteiger partial charge >= 0.3 is 0 Å². The molecule has 64 valence electrons. The highest BCUT2D eigenvalue weighted by molar-refractivity contribution is 4.76. The molecule has 3 aliphatic rings. The summed E-state index contributed by atoms with van der Waals surface area (Å²) in [5, 5.41) is 0. The van der Waals surface area contributed by atoms with Gasteiger partial charge < -0.3 is 0 Å². The van der Waals surface area contributed by atoms with Crippen LogP contribution in [0.15, 0.2) is 0 Å². The normalized spacial score (nSPS) is 49.6. The second kappa shape index (κ2) is 2.44. The van der Waals surface area contributed by atoms with E-state index < -0.39 is 0 Å². The van der Waals surface area contributed by atoms with Gasteiger partial charge in [0.05, 0.1) is 6.54 Å². The molecule has 3 aliphatic heterocycles. The molecule has 3 nitrogen and oxygen atoms in total. The molecule has 3 saturated heterocycles. The van der Waals surface area contributed by atoms with Gasteiger partial charge in [0.1, 0.15) is 19.1 Å². The average molecular weight is 156 g/mol. The average Bonchev–Trinajstić information content (AvgIpc) is 2.05. The SMILES string of the molecule is CCC1CN2CC[N+]1(N)CC2. The van der Waals surface area contributed by atoms with E-state index in [1.54, 1.807) is 0 Å². The molecule has 1 atom stereocenters. The quantitative estimate of drug-likeness (QED) is 0.420. The summed E-state index contributed by atoms with van der Waals surface area (Å²) in [5.74, 6) is 6.26. The molecule has 3 heterocycles. The Labute approximate surface area is 68.3 Å². The van der Waals surface area contributed by atoms with Crippen LogP contribution >= 0.6 is 0 Å². The van der Waals surface area contributed by atoms with Crippen molar-refractivity contribution in [2.24, 2.45) is 5.84 Å². The number of fused-ring (bicyclic) bond motifs is 3. The van der Waals surface area contributed by atoms with E-state index in [4.69, 9.17) is 5.84 Å². The Kier molecular flexibility index (Phi) is 1.67. The van der Waals surface area contributed by atoms with E-state index in [0.29, 0.717) is 6.04 Å². The van der Waals surface area contributed by atoms with Gasteiger partial charge in [0.15, 0.2) is 0 Å². The highest BCUT2D eigenvalue weighted by Crippen LogP contribution is 2.22. The number of nitrogens with zero attached hydrogens (tertiary/aromatic N) is 2. The van der Waals surface area contributed by atoms with Crippen LogP contribution in [0.2, 0.25) is 0 Å². The minimum absolute atomic E-state index is 0.706. The van der Waals surface area contributed by atoms with Crippen LogP contribution in [0.1, 0.15) is 13.3 Å². The van der Waals surface area contributed by atoms with Crippen LogP contribution in [0.4, 0.5) is 0 Å². The first kappa shape index (κ1) is 7.53. The summed E-state index contributed by atoms with van der Waals surface area (Å²) in [6.45, 7) is 8.24. The van der Waals surface area contributed by atoms with Crippen LogP contribution in [0.3, 0.4) is 0 Å². The second-order valence-corrected chi connectivity index (χ2v) is 3.91. The van der Waals surface area contributed by atoms with Gasteiger partial charge in [-0.1, -0.05) is 6.92 Å². The molecule has 3 heteroatoms. The van der Waals surface area contributed by atoms with Crippen molar-refractivity contribution in [1.29, 1.82) is 0 Å². The van der Waals surface area contributed by atoms with Gasteiger partial charge in [0.25, 0.3) is 0 Å². The van der Waals surface area contributed by atoms with Crippen molar-refractivity contribution in [3.05, 3.63) is 0 Å². The van der Waals surface area contributed by atoms with Crippen molar-refractivity contribution in [2.45, 2.75) is 19.4 Å². The molecule has 3 rings (SSSR count). The third-order valence-electron chi connectivity index (χ3n) is 3.33. The number of rotatable bonds is 1. The third kappa shape index (κ3) is 1.08. The van der Waals surface area contributed by atoms with E-state index in [2.05, 4.69) is 11.8 Å². The van der Waals surface area contributed by atoms with Crippen LogP contribution in [0.5, 0.6) is 0 Å². The Balaban J connectivity index is 2.13. The summed E-state index contributed by atoms with van der Waals surface area (Å²) < 4.78 is 0.854. The number of piperazine rings is 3. The van der Waals surface area contributed by atoms with Crippen LogP contribution in [-0.4, -0.2) is 48.3 Å². The molecule has 2 bridgehead atoms. The molecule has 0 aliphatic carbocycles. The second-order valence-electron chi connectivity index (χ2n) is 3.91. The zero-order chi connectivity index (χ0) is 7.90. The summed E-state index contributed by atoms with van der Waals surface area (Å²) >= 11 is 0. The Bertz CT molecular complexity index is 149. The maximum atomic E-state index is 6.26. The fourth-order valence-corrected chi connectivity index (χ4v) is 2.38. The maximum absolute atomic E-state index is 6.26. The maximum Gasteiger partial charge on any atom is 0.119 e. The fraction of sp³-hybridized carbons (Fsp3) is 1.00. The molecule has 0 aromatic carbocycles. The molecule has 0 amide bonds. The van der Waals surface area contributed by atoms with E-state index in [-0.39, 0.29) is 0 Å². The van der Waals surface area contributed by atoms with Crippen LogP contribution < -0.4 is 5.84 Å². The lowest BCUT2D eigenvalue weighted by Crippen LogP contribution is -2.75. The van der Waals surface area contributed by atoms with Gasteiger partial charge in [0, 0.05) is 13.1 Å². The van der Waals surface area contributed by atoms with Crippen LogP contribution in [-0.2, 0) is 0 Å². The van der Waals surface area contributed by atoms with Gasteiger partial charge in [-0.25, -0.2) is 4.59 Å². The molecular weight excluding hydrogens is 138 g/mol. The zero-order valence-electron chi connectivity index (χ0n) is 7.29. The lowest BCUT2D eigenvalue weighted by molar-refractivity contribution is -0.975. The van der Waals surface area contributed by atoms with Crippen LogP contribution in [0.25, 0.3) is 0 Å². The fourth-order valence-electron chi connectivity index (χ4n) is 2.38. The number of quaternary nitrogens is 1. The molecule has 3 fully saturated rings. The lowest BCUT2D eigenvalue weighted by Gasteiger charge is -2.51. The Hall–Kier alpha value is -0.120. The smallest absolute Gasteiger partial charge is 0.119 e. The molecule has 2 N–H and O–H groups in total. The molecule has 0 spiro atoms. The predicted octanol–water partition coefficient (Wildman–Crippen LogP) is -0.215. The van der Waals surface area contributed by atoms with Crippen molar-refractivity contribution in [1.82, 2.24) is 4.90 Å². The largest absolute Gasteiger partial charge is 0.286 e. The Morgan fingerprint density at radius 1 is 1.45 bits per heavy atom. The first-order chi connectivity index (χ1) is 5.24. The van der Waals surface area contributed by atoms with Gasteiger partial charge in [0.2, 0.25) is 0 Å². The minimum atomic E-state index is 0.706. The minimum Gasteiger partial charge on any atom is -0.286 e. The van der Waals surface area contributed by atoms with E-state index in [0.717, 1.165) is 4.59 Å². The Morgan fingerprint density at radius 3 is 2.45 bits per heavy atom. The molecule has 0 aromatic rings. The van der Waals surface area contributed by atoms with E-state index >= 15 is 0 Å². The summed E-state index contributed by atoms with van der Waals surface area (Å²) in [4.78, 5) is 2.54. The summed E-state index contributed by atoms with van der Waals surface area (Å²) in [6.07, 6.45) is 1.23. The summed E-state index contributed by atoms with van der Waals surface area (Å²) in [7, 11) is 0. The van der Waals surface area contributed by atoms with E-state index in [1.165, 1.54) is 39.1 Å². The number of hydrogen-bond acceptors (Lipinski definition) is 2. The molecule has 0 aromatic heterocycles. The monoisotopic (exact) mass is 156 g/mol. The van der Waals surface area contributed by atoms with Gasteiger partial charge in [-0.3, -0.25) is 4.90 Å². The first-order valence-corrected chi connectivity index (χ1v) is 4.62. The zero-order valence-corrected chi connectivity index (χ0v) is 7.29. The highest BCUT2D eigenvalue weighted by Gasteiger charge is 2.43. The topological polar surface area (TPSA) is 29.3 Å². The standard InChI is InChI=1S/C8H18N3/c1-2-8-7-10-3-5-11(8,9)6-4-10/h8H,2-7,9H2,1H3/q+1. The lowest BCUT2D eigenvalue weighted by atomic mass is 10.0. The van der Waals surface area contributed by atoms with Crippen LogP contribution in [0, 0.1) is 0 Å². The summed E-state index contributed by atoms with van der Waals surface area (Å²) in [6, 6.07) is 0.706. The molecular formula is C8H18N3+. The first-order valence-electron chi connectivity index (χ1n) is 4.62. The third-order valence-corrected chi connectivity index (χ3v) is 3.33. The van der Waals surface area contributed by atoms with Crippen molar-refractivity contribution in [2.75, 3.05) is 32.7 Å². The molecule has 1 unspecified atom stereocenters. The van der Waals surface area contributed by atoms with Crippen molar-refractivity contribution in [3.8, 4) is 0 Å².